The van der Waals surface area contributed by atoms with Crippen LogP contribution in [-0.2, 0) is 18.4 Å². The number of anilines is 1. The van der Waals surface area contributed by atoms with Crippen molar-refractivity contribution in [3.8, 4) is 22.5 Å². The average molecular weight is 594 g/mol. The first-order valence-electron chi connectivity index (χ1n) is 14.1. The van der Waals surface area contributed by atoms with Gasteiger partial charge in [0.15, 0.2) is 0 Å². The summed E-state index contributed by atoms with van der Waals surface area (Å²) in [4.78, 5) is 13.9. The van der Waals surface area contributed by atoms with Crippen LogP contribution in [-0.4, -0.2) is 44.2 Å². The molecule has 8 nitrogen and oxygen atoms in total. The third kappa shape index (κ3) is 4.92. The summed E-state index contributed by atoms with van der Waals surface area (Å²) in [6.07, 6.45) is 6.51. The van der Waals surface area contributed by atoms with Crippen LogP contribution in [0.1, 0.15) is 66.3 Å². The number of rotatable bonds is 8. The molecule has 2 aliphatic heterocycles. The normalized spacial score (nSPS) is 21.9. The van der Waals surface area contributed by atoms with Crippen LogP contribution in [0, 0.1) is 0 Å². The van der Waals surface area contributed by atoms with E-state index in [1.54, 1.807) is 13.1 Å². The van der Waals surface area contributed by atoms with Gasteiger partial charge in [0.2, 0.25) is 0 Å². The smallest absolute Gasteiger partial charge is 0.354 e. The van der Waals surface area contributed by atoms with Gasteiger partial charge in [-0.1, -0.05) is 46.6 Å². The van der Waals surface area contributed by atoms with Gasteiger partial charge in [-0.15, -0.1) is 0 Å². The van der Waals surface area contributed by atoms with Gasteiger partial charge in [-0.25, -0.2) is 4.79 Å². The van der Waals surface area contributed by atoms with E-state index in [9.17, 15) is 9.90 Å². The highest BCUT2D eigenvalue weighted by atomic mass is 35.5. The van der Waals surface area contributed by atoms with Crippen molar-refractivity contribution >= 4 is 34.9 Å². The monoisotopic (exact) mass is 592 g/mol. The molecule has 7 rings (SSSR count). The number of aromatic carboxylic acids is 1. The predicted octanol–water partition coefficient (Wildman–Crippen LogP) is 7.34. The maximum atomic E-state index is 11.4. The van der Waals surface area contributed by atoms with E-state index < -0.39 is 5.97 Å². The maximum absolute atomic E-state index is 11.4. The summed E-state index contributed by atoms with van der Waals surface area (Å²) in [5.74, 6) is 0.306. The van der Waals surface area contributed by atoms with Gasteiger partial charge in [0.1, 0.15) is 17.1 Å². The first kappa shape index (κ1) is 26.6. The van der Waals surface area contributed by atoms with Crippen molar-refractivity contribution in [2.24, 2.45) is 7.05 Å². The van der Waals surface area contributed by atoms with Crippen LogP contribution >= 0.6 is 23.2 Å². The number of benzene rings is 2. The summed E-state index contributed by atoms with van der Waals surface area (Å²) in [6.45, 7) is 0.424. The lowest BCUT2D eigenvalue weighted by molar-refractivity contribution is 0.0147. The number of aryl methyl sites for hydroxylation is 1. The van der Waals surface area contributed by atoms with Crippen LogP contribution in [0.25, 0.3) is 22.5 Å². The lowest BCUT2D eigenvalue weighted by atomic mass is 9.98. The Hall–Kier alpha value is -3.33. The number of piperidine rings is 1. The Balaban J connectivity index is 1.06. The number of hydrogen-bond donors (Lipinski definition) is 1. The van der Waals surface area contributed by atoms with Crippen molar-refractivity contribution < 1.29 is 19.2 Å². The molecule has 3 aliphatic rings. The highest BCUT2D eigenvalue weighted by molar-refractivity contribution is 6.39. The van der Waals surface area contributed by atoms with Crippen LogP contribution in [0.2, 0.25) is 10.0 Å². The second-order valence-electron chi connectivity index (χ2n) is 11.3. The predicted molar refractivity (Wildman–Crippen MR) is 157 cm³/mol. The summed E-state index contributed by atoms with van der Waals surface area (Å²) in [6, 6.07) is 16.2. The quantitative estimate of drug-likeness (QED) is 0.229. The Morgan fingerprint density at radius 2 is 1.73 bits per heavy atom. The number of halogens is 2. The molecule has 3 fully saturated rings. The van der Waals surface area contributed by atoms with E-state index in [0.717, 1.165) is 55.4 Å². The first-order chi connectivity index (χ1) is 19.9. The SMILES string of the molecule is Cn1nc(-c2ccc(N3C4CCC3CC(OCc3c(-c5c(Cl)cccc5Cl)noc3C3CC3)C4)cc2)cc1C(=O)O. The molecule has 212 valence electrons. The minimum Gasteiger partial charge on any atom is -0.477 e. The van der Waals surface area contributed by atoms with Gasteiger partial charge >= 0.3 is 5.97 Å². The molecule has 2 bridgehead atoms. The van der Waals surface area contributed by atoms with Crippen LogP contribution in [0.5, 0.6) is 0 Å². The number of carbonyl (C=O) groups is 1. The molecule has 2 atom stereocenters. The summed E-state index contributed by atoms with van der Waals surface area (Å²) in [5.41, 5.74) is 5.26. The average Bonchev–Trinajstić information content (AvgIpc) is 3.51. The Morgan fingerprint density at radius 3 is 2.34 bits per heavy atom. The van der Waals surface area contributed by atoms with Gasteiger partial charge in [0.05, 0.1) is 28.5 Å². The van der Waals surface area contributed by atoms with Crippen LogP contribution in [0.3, 0.4) is 0 Å². The van der Waals surface area contributed by atoms with Crippen molar-refractivity contribution in [3.05, 3.63) is 75.6 Å². The molecular formula is C31H30Cl2N4O4. The fourth-order valence-electron chi connectivity index (χ4n) is 6.55. The molecule has 0 amide bonds. The van der Waals surface area contributed by atoms with Crippen molar-refractivity contribution in [2.45, 2.75) is 69.2 Å². The Kier molecular flexibility index (Phi) is 6.80. The molecule has 2 unspecified atom stereocenters. The minimum absolute atomic E-state index is 0.141. The summed E-state index contributed by atoms with van der Waals surface area (Å²) in [5, 5.41) is 19.2. The van der Waals surface area contributed by atoms with Crippen LogP contribution in [0.4, 0.5) is 5.69 Å². The highest BCUT2D eigenvalue weighted by Crippen LogP contribution is 2.47. The zero-order valence-corrected chi connectivity index (χ0v) is 24.1. The third-order valence-corrected chi connectivity index (χ3v) is 9.31. The van der Waals surface area contributed by atoms with Crippen molar-refractivity contribution in [3.63, 3.8) is 0 Å². The van der Waals surface area contributed by atoms with E-state index in [1.807, 2.05) is 30.3 Å². The standard InChI is InChI=1S/C31H30Cl2N4O4/c1-36-27(31(38)39)15-26(34-36)17-7-9-19(10-8-17)37-20-11-12-21(37)14-22(13-20)40-16-23-29(35-41-30(23)18-5-6-18)28-24(32)3-2-4-25(28)33/h2-4,7-10,15,18,20-22H,5-6,11-14,16H2,1H3,(H,38,39). The molecule has 41 heavy (non-hydrogen) atoms. The molecule has 1 N–H and O–H groups in total. The first-order valence-corrected chi connectivity index (χ1v) is 14.8. The largest absolute Gasteiger partial charge is 0.477 e. The van der Waals surface area contributed by atoms with Gasteiger partial charge < -0.3 is 19.3 Å². The highest BCUT2D eigenvalue weighted by Gasteiger charge is 2.42. The zero-order chi connectivity index (χ0) is 28.2. The van der Waals surface area contributed by atoms with Gasteiger partial charge in [0, 0.05) is 47.4 Å². The fraction of sp³-hybridized carbons (Fsp3) is 0.387. The molecule has 1 aliphatic carbocycles. The number of aromatic nitrogens is 3. The van der Waals surface area contributed by atoms with E-state index >= 15 is 0 Å². The zero-order valence-electron chi connectivity index (χ0n) is 22.6. The number of nitrogens with zero attached hydrogens (tertiary/aromatic N) is 4. The van der Waals surface area contributed by atoms with E-state index in [2.05, 4.69) is 27.3 Å². The maximum Gasteiger partial charge on any atom is 0.354 e. The van der Waals surface area contributed by atoms with E-state index in [4.69, 9.17) is 32.5 Å². The van der Waals surface area contributed by atoms with Gasteiger partial charge in [0.25, 0.3) is 0 Å². The number of fused-ring (bicyclic) bond motifs is 2. The summed E-state index contributed by atoms with van der Waals surface area (Å²) >= 11 is 13.1. The molecule has 10 heteroatoms. The third-order valence-electron chi connectivity index (χ3n) is 8.68. The van der Waals surface area contributed by atoms with Crippen LogP contribution in [0.15, 0.2) is 53.1 Å². The lowest BCUT2D eigenvalue weighted by Crippen LogP contribution is -2.45. The summed E-state index contributed by atoms with van der Waals surface area (Å²) in [7, 11) is 1.65. The molecule has 1 saturated carbocycles. The lowest BCUT2D eigenvalue weighted by Gasteiger charge is -2.40. The van der Waals surface area contributed by atoms with Crippen molar-refractivity contribution in [2.75, 3.05) is 4.90 Å². The number of hydrogen-bond acceptors (Lipinski definition) is 6. The molecule has 0 spiro atoms. The second kappa shape index (κ2) is 10.5. The van der Waals surface area contributed by atoms with E-state index in [1.165, 1.54) is 10.4 Å². The molecule has 4 aromatic rings. The van der Waals surface area contributed by atoms with Gasteiger partial charge in [-0.3, -0.25) is 4.68 Å². The van der Waals surface area contributed by atoms with E-state index in [-0.39, 0.29) is 11.8 Å². The van der Waals surface area contributed by atoms with Gasteiger partial charge in [-0.05, 0) is 68.9 Å². The van der Waals surface area contributed by atoms with Gasteiger partial charge in [-0.2, -0.15) is 5.10 Å². The molecule has 4 heterocycles. The van der Waals surface area contributed by atoms with Crippen molar-refractivity contribution in [1.29, 1.82) is 0 Å². The minimum atomic E-state index is -0.985. The molecule has 2 aromatic heterocycles. The summed E-state index contributed by atoms with van der Waals surface area (Å²) < 4.78 is 13.8. The Morgan fingerprint density at radius 1 is 1.05 bits per heavy atom. The Bertz CT molecular complexity index is 1580. The van der Waals surface area contributed by atoms with Crippen LogP contribution < -0.4 is 4.90 Å². The number of carboxylic acid groups (broad SMARTS) is 1. The topological polar surface area (TPSA) is 93.6 Å². The Labute approximate surface area is 247 Å². The number of ether oxygens (including phenoxy) is 1. The van der Waals surface area contributed by atoms with Crippen molar-refractivity contribution in [1.82, 2.24) is 14.9 Å². The second-order valence-corrected chi connectivity index (χ2v) is 12.1. The molecule has 0 radical (unpaired) electrons. The molecule has 2 saturated heterocycles. The fourth-order valence-corrected chi connectivity index (χ4v) is 7.12. The number of carboxylic acids is 1. The molecular weight excluding hydrogens is 563 g/mol. The van der Waals surface area contributed by atoms with E-state index in [0.29, 0.717) is 51.6 Å². The molecule has 2 aromatic carbocycles.